The quantitative estimate of drug-likeness (QED) is 0.821. The van der Waals surface area contributed by atoms with Gasteiger partial charge in [0.25, 0.3) is 0 Å². The van der Waals surface area contributed by atoms with E-state index >= 15 is 0 Å². The second kappa shape index (κ2) is 6.84. The Bertz CT molecular complexity index is 474. The summed E-state index contributed by atoms with van der Waals surface area (Å²) in [6.45, 7) is 5.52. The van der Waals surface area contributed by atoms with Crippen molar-refractivity contribution in [1.82, 2.24) is 5.32 Å². The van der Waals surface area contributed by atoms with Crippen molar-refractivity contribution >= 4 is 17.5 Å². The first-order valence-electron chi connectivity index (χ1n) is 6.44. The molecule has 5 heteroatoms. The van der Waals surface area contributed by atoms with Crippen molar-refractivity contribution in [2.45, 2.75) is 26.8 Å². The molecule has 1 unspecified atom stereocenters. The van der Waals surface area contributed by atoms with E-state index < -0.39 is 5.41 Å². The second-order valence-electron chi connectivity index (χ2n) is 5.32. The van der Waals surface area contributed by atoms with Crippen molar-refractivity contribution in [2.24, 2.45) is 5.41 Å². The molecule has 0 aliphatic heterocycles. The maximum absolute atomic E-state index is 12.2. The van der Waals surface area contributed by atoms with E-state index in [4.69, 9.17) is 21.1 Å². The maximum Gasteiger partial charge on any atom is 0.227 e. The van der Waals surface area contributed by atoms with Crippen molar-refractivity contribution in [3.05, 3.63) is 23.8 Å². The molecule has 4 nitrogen and oxygen atoms in total. The molecule has 1 N–H and O–H groups in total. The summed E-state index contributed by atoms with van der Waals surface area (Å²) in [5, 5.41) is 2.95. The summed E-state index contributed by atoms with van der Waals surface area (Å²) in [5.41, 5.74) is 0.257. The number of carbonyl (C=O) groups is 1. The molecule has 0 saturated carbocycles. The van der Waals surface area contributed by atoms with Crippen LogP contribution in [0.4, 0.5) is 0 Å². The summed E-state index contributed by atoms with van der Waals surface area (Å²) < 4.78 is 10.5. The highest BCUT2D eigenvalue weighted by Gasteiger charge is 2.28. The Labute approximate surface area is 125 Å². The van der Waals surface area contributed by atoms with Crippen molar-refractivity contribution in [1.29, 1.82) is 0 Å². The van der Waals surface area contributed by atoms with Gasteiger partial charge in [-0.1, -0.05) is 0 Å². The number of ether oxygens (including phenoxy) is 2. The van der Waals surface area contributed by atoms with Crippen LogP contribution in [-0.2, 0) is 4.79 Å². The molecule has 1 aromatic carbocycles. The summed E-state index contributed by atoms with van der Waals surface area (Å²) in [4.78, 5) is 12.2. The highest BCUT2D eigenvalue weighted by Crippen LogP contribution is 2.30. The van der Waals surface area contributed by atoms with Gasteiger partial charge in [-0.25, -0.2) is 0 Å². The first kappa shape index (κ1) is 16.6. The van der Waals surface area contributed by atoms with E-state index in [0.29, 0.717) is 5.75 Å². The average molecular weight is 300 g/mol. The molecule has 1 amide bonds. The minimum atomic E-state index is -0.609. The lowest BCUT2D eigenvalue weighted by atomic mass is 9.94. The summed E-state index contributed by atoms with van der Waals surface area (Å²) in [6, 6.07) is 5.30. The highest BCUT2D eigenvalue weighted by atomic mass is 35.5. The van der Waals surface area contributed by atoms with Crippen LogP contribution in [0.1, 0.15) is 32.4 Å². The molecule has 0 spiro atoms. The molecular formula is C15H22ClNO3. The van der Waals surface area contributed by atoms with Crippen LogP contribution in [0.2, 0.25) is 0 Å². The molecule has 20 heavy (non-hydrogen) atoms. The van der Waals surface area contributed by atoms with Gasteiger partial charge < -0.3 is 14.8 Å². The molecule has 1 aromatic rings. The van der Waals surface area contributed by atoms with Crippen LogP contribution in [0.5, 0.6) is 11.5 Å². The number of amides is 1. The standard InChI is InChI=1S/C15H22ClNO3/c1-10(17-14(18)15(2,3)9-16)12-8-11(19-4)6-7-13(12)20-5/h6-8,10H,9H2,1-5H3,(H,17,18). The lowest BCUT2D eigenvalue weighted by Gasteiger charge is -2.25. The van der Waals surface area contributed by atoms with Gasteiger partial charge in [0.15, 0.2) is 0 Å². The summed E-state index contributed by atoms with van der Waals surface area (Å²) in [6.07, 6.45) is 0. The van der Waals surface area contributed by atoms with Crippen LogP contribution in [-0.4, -0.2) is 26.0 Å². The van der Waals surface area contributed by atoms with Crippen molar-refractivity contribution in [3.8, 4) is 11.5 Å². The second-order valence-corrected chi connectivity index (χ2v) is 5.59. The number of methoxy groups -OCH3 is 2. The molecule has 1 atom stereocenters. The van der Waals surface area contributed by atoms with Gasteiger partial charge in [0.2, 0.25) is 5.91 Å². The van der Waals surface area contributed by atoms with Gasteiger partial charge in [-0.05, 0) is 39.0 Å². The van der Waals surface area contributed by atoms with Gasteiger partial charge >= 0.3 is 0 Å². The van der Waals surface area contributed by atoms with E-state index in [2.05, 4.69) is 5.32 Å². The van der Waals surface area contributed by atoms with Crippen LogP contribution >= 0.6 is 11.6 Å². The predicted molar refractivity (Wildman–Crippen MR) is 80.6 cm³/mol. The topological polar surface area (TPSA) is 47.6 Å². The van der Waals surface area contributed by atoms with E-state index in [1.807, 2.05) is 39.0 Å². The fourth-order valence-electron chi connectivity index (χ4n) is 1.71. The van der Waals surface area contributed by atoms with Crippen LogP contribution < -0.4 is 14.8 Å². The Morgan fingerprint density at radius 1 is 1.35 bits per heavy atom. The Kier molecular flexibility index (Phi) is 5.69. The zero-order chi connectivity index (χ0) is 15.3. The fourth-order valence-corrected chi connectivity index (χ4v) is 1.83. The predicted octanol–water partition coefficient (Wildman–Crippen LogP) is 3.15. The zero-order valence-corrected chi connectivity index (χ0v) is 13.4. The van der Waals surface area contributed by atoms with Crippen LogP contribution in [0.25, 0.3) is 0 Å². The summed E-state index contributed by atoms with van der Waals surface area (Å²) in [5.74, 6) is 1.60. The third-order valence-electron chi connectivity index (χ3n) is 3.20. The molecule has 0 aliphatic rings. The maximum atomic E-state index is 12.2. The molecule has 0 aliphatic carbocycles. The molecule has 0 aromatic heterocycles. The Morgan fingerprint density at radius 2 is 2.00 bits per heavy atom. The van der Waals surface area contributed by atoms with Gasteiger partial charge in [0.05, 0.1) is 25.7 Å². The van der Waals surface area contributed by atoms with E-state index in [0.717, 1.165) is 11.3 Å². The summed E-state index contributed by atoms with van der Waals surface area (Å²) >= 11 is 5.82. The zero-order valence-electron chi connectivity index (χ0n) is 12.6. The van der Waals surface area contributed by atoms with E-state index in [1.54, 1.807) is 14.2 Å². The van der Waals surface area contributed by atoms with Gasteiger partial charge in [-0.3, -0.25) is 4.79 Å². The van der Waals surface area contributed by atoms with Crippen LogP contribution in [0.3, 0.4) is 0 Å². The van der Waals surface area contributed by atoms with Gasteiger partial charge in [0, 0.05) is 11.4 Å². The first-order valence-corrected chi connectivity index (χ1v) is 6.98. The number of carbonyl (C=O) groups excluding carboxylic acids is 1. The molecule has 0 bridgehead atoms. The number of hydrogen-bond acceptors (Lipinski definition) is 3. The molecule has 0 heterocycles. The van der Waals surface area contributed by atoms with E-state index in [-0.39, 0.29) is 17.8 Å². The minimum Gasteiger partial charge on any atom is -0.497 e. The lowest BCUT2D eigenvalue weighted by Crippen LogP contribution is -2.39. The number of nitrogens with one attached hydrogen (secondary N) is 1. The van der Waals surface area contributed by atoms with E-state index in [9.17, 15) is 4.79 Å². The molecule has 112 valence electrons. The Morgan fingerprint density at radius 3 is 2.50 bits per heavy atom. The molecule has 1 rings (SSSR count). The average Bonchev–Trinajstić information content (AvgIpc) is 2.46. The molecule has 0 fully saturated rings. The molecule has 0 saturated heterocycles. The van der Waals surface area contributed by atoms with Crippen molar-refractivity contribution < 1.29 is 14.3 Å². The van der Waals surface area contributed by atoms with Gasteiger partial charge in [0.1, 0.15) is 11.5 Å². The number of halogens is 1. The Balaban J connectivity index is 2.96. The highest BCUT2D eigenvalue weighted by molar-refractivity contribution is 6.19. The largest absolute Gasteiger partial charge is 0.497 e. The molecular weight excluding hydrogens is 278 g/mol. The van der Waals surface area contributed by atoms with Crippen LogP contribution in [0, 0.1) is 5.41 Å². The number of alkyl halides is 1. The first-order chi connectivity index (χ1) is 9.35. The fraction of sp³-hybridized carbons (Fsp3) is 0.533. The number of rotatable bonds is 6. The minimum absolute atomic E-state index is 0.0927. The van der Waals surface area contributed by atoms with Crippen LogP contribution in [0.15, 0.2) is 18.2 Å². The smallest absolute Gasteiger partial charge is 0.227 e. The monoisotopic (exact) mass is 299 g/mol. The molecule has 0 radical (unpaired) electrons. The van der Waals surface area contributed by atoms with Crippen molar-refractivity contribution in [2.75, 3.05) is 20.1 Å². The third kappa shape index (κ3) is 3.79. The number of hydrogen-bond donors (Lipinski definition) is 1. The van der Waals surface area contributed by atoms with Gasteiger partial charge in [-0.2, -0.15) is 0 Å². The van der Waals surface area contributed by atoms with E-state index in [1.165, 1.54) is 0 Å². The SMILES string of the molecule is COc1ccc(OC)c(C(C)NC(=O)C(C)(C)CCl)c1. The summed E-state index contributed by atoms with van der Waals surface area (Å²) in [7, 11) is 3.20. The number of benzene rings is 1. The van der Waals surface area contributed by atoms with Gasteiger partial charge in [-0.15, -0.1) is 11.6 Å². The van der Waals surface area contributed by atoms with Crippen molar-refractivity contribution in [3.63, 3.8) is 0 Å². The normalized spacial score (nSPS) is 12.7. The third-order valence-corrected chi connectivity index (χ3v) is 3.87. The Hall–Kier alpha value is -1.42. The lowest BCUT2D eigenvalue weighted by molar-refractivity contribution is -0.129.